The number of rotatable bonds is 18. The number of amides is 1. The fourth-order valence-electron chi connectivity index (χ4n) is 6.06. The molecule has 12 heteroatoms. The van der Waals surface area contributed by atoms with Crippen LogP contribution in [0, 0.1) is 22.1 Å². The van der Waals surface area contributed by atoms with E-state index in [1.165, 1.54) is 17.0 Å². The Balaban J connectivity index is 2.15. The highest BCUT2D eigenvalue weighted by atomic mass is 19.1. The van der Waals surface area contributed by atoms with Crippen LogP contribution in [0.15, 0.2) is 18.2 Å². The van der Waals surface area contributed by atoms with E-state index in [0.717, 1.165) is 31.7 Å². The van der Waals surface area contributed by atoms with Gasteiger partial charge in [0.05, 0.1) is 26.4 Å². The second-order valence-electron chi connectivity index (χ2n) is 11.5. The van der Waals surface area contributed by atoms with Crippen molar-refractivity contribution in [2.24, 2.45) is 16.2 Å². The van der Waals surface area contributed by atoms with Gasteiger partial charge in [0, 0.05) is 24.8 Å². The summed E-state index contributed by atoms with van der Waals surface area (Å²) in [4.78, 5) is 56.9. The zero-order chi connectivity index (χ0) is 32.4. The Morgan fingerprint density at radius 1 is 0.750 bits per heavy atom. The first-order chi connectivity index (χ1) is 21.1. The number of esters is 3. The summed E-state index contributed by atoms with van der Waals surface area (Å²) >= 11 is 0. The van der Waals surface area contributed by atoms with E-state index in [1.54, 1.807) is 0 Å². The number of hydrogen-bond acceptors (Lipinski definition) is 10. The number of piperidine rings is 1. The Morgan fingerprint density at radius 2 is 1.20 bits per heavy atom. The average molecular weight is 623 g/mol. The number of carbonyl (C=O) groups excluding carboxylic acids is 4. The Kier molecular flexibility index (Phi) is 12.2. The Morgan fingerprint density at radius 3 is 1.66 bits per heavy atom. The summed E-state index contributed by atoms with van der Waals surface area (Å²) in [7, 11) is 0. The van der Waals surface area contributed by atoms with Gasteiger partial charge < -0.3 is 34.3 Å². The molecule has 11 nitrogen and oxygen atoms in total. The Bertz CT molecular complexity index is 1140. The van der Waals surface area contributed by atoms with Crippen LogP contribution >= 0.6 is 0 Å². The molecule has 2 aliphatic rings. The van der Waals surface area contributed by atoms with Gasteiger partial charge in [0.2, 0.25) is 0 Å². The number of halogens is 1. The monoisotopic (exact) mass is 622 g/mol. The summed E-state index contributed by atoms with van der Waals surface area (Å²) in [6.07, 6.45) is 4.48. The number of ether oxygens (including phenoxy) is 5. The van der Waals surface area contributed by atoms with Crippen molar-refractivity contribution < 1.29 is 47.3 Å². The van der Waals surface area contributed by atoms with E-state index in [9.17, 15) is 23.6 Å². The average Bonchev–Trinajstić information content (AvgIpc) is 3.29. The first-order valence-corrected chi connectivity index (χ1v) is 15.7. The van der Waals surface area contributed by atoms with Crippen LogP contribution in [0.3, 0.4) is 0 Å². The third-order valence-electron chi connectivity index (χ3n) is 8.60. The number of nitrogen functional groups attached to an aromatic ring is 1. The highest BCUT2D eigenvalue weighted by Gasteiger charge is 3.02. The van der Waals surface area contributed by atoms with E-state index in [4.69, 9.17) is 29.4 Å². The molecule has 1 aliphatic carbocycles. The van der Waals surface area contributed by atoms with Crippen molar-refractivity contribution in [1.29, 1.82) is 0 Å². The quantitative estimate of drug-likeness (QED) is 0.102. The fraction of sp³-hybridized carbons (Fsp3) is 0.688. The molecule has 0 bridgehead atoms. The van der Waals surface area contributed by atoms with Gasteiger partial charge in [-0.1, -0.05) is 53.4 Å². The number of nitrogens with two attached hydrogens (primary N) is 1. The van der Waals surface area contributed by atoms with Crippen LogP contribution in [0.2, 0.25) is 0 Å². The van der Waals surface area contributed by atoms with Crippen LogP contribution in [-0.2, 0) is 33.3 Å². The Hall–Kier alpha value is -3.57. The molecule has 1 saturated carbocycles. The minimum atomic E-state index is -1.98. The van der Waals surface area contributed by atoms with E-state index in [-0.39, 0.29) is 51.0 Å². The third kappa shape index (κ3) is 6.30. The third-order valence-corrected chi connectivity index (χ3v) is 8.60. The van der Waals surface area contributed by atoms with Crippen LogP contribution < -0.4 is 10.5 Å². The van der Waals surface area contributed by atoms with Crippen molar-refractivity contribution in [2.75, 3.05) is 51.9 Å². The van der Waals surface area contributed by atoms with Gasteiger partial charge in [0.1, 0.15) is 22.9 Å². The predicted molar refractivity (Wildman–Crippen MR) is 159 cm³/mol. The summed E-state index contributed by atoms with van der Waals surface area (Å²) < 4.78 is 43.2. The molecule has 1 aromatic rings. The topological polar surface area (TPSA) is 144 Å². The number of carbonyl (C=O) groups is 4. The molecule has 3 rings (SSSR count). The standard InChI is InChI=1S/C32H47FN2O9/c1-5-9-15-40-26(36)30-20-35(29(39)43-18-12-8-4)21-31(30,27(37)41-16-10-6-2)32(30,28(38)42-17-11-7-3)22-44-25-14-13-23(34)19-24(25)33/h13-14,19H,5-12,15-18,20-22,34H2,1-4H3/t30-,31?,32-/m0/s1. The molecule has 246 valence electrons. The molecule has 1 aromatic carbocycles. The van der Waals surface area contributed by atoms with Gasteiger partial charge in [-0.05, 0) is 37.8 Å². The van der Waals surface area contributed by atoms with Crippen LogP contribution in [-0.4, -0.2) is 75.0 Å². The maximum atomic E-state index is 14.8. The Labute approximate surface area is 258 Å². The molecule has 0 aromatic heterocycles. The fourth-order valence-corrected chi connectivity index (χ4v) is 6.06. The number of anilines is 1. The largest absolute Gasteiger partial charge is 0.489 e. The highest BCUT2D eigenvalue weighted by molar-refractivity contribution is 6.09. The van der Waals surface area contributed by atoms with E-state index < -0.39 is 52.7 Å². The molecular weight excluding hydrogens is 575 g/mol. The molecule has 1 aliphatic heterocycles. The van der Waals surface area contributed by atoms with E-state index >= 15 is 0 Å². The van der Waals surface area contributed by atoms with Crippen molar-refractivity contribution in [2.45, 2.75) is 79.1 Å². The van der Waals surface area contributed by atoms with E-state index in [2.05, 4.69) is 0 Å². The van der Waals surface area contributed by atoms with Crippen molar-refractivity contribution >= 4 is 29.7 Å². The van der Waals surface area contributed by atoms with Crippen LogP contribution in [0.1, 0.15) is 79.1 Å². The van der Waals surface area contributed by atoms with Crippen molar-refractivity contribution in [3.05, 3.63) is 24.0 Å². The van der Waals surface area contributed by atoms with Gasteiger partial charge in [0.15, 0.2) is 11.6 Å². The van der Waals surface area contributed by atoms with Gasteiger partial charge in [-0.15, -0.1) is 0 Å². The van der Waals surface area contributed by atoms with Gasteiger partial charge in [-0.25, -0.2) is 9.18 Å². The molecule has 1 saturated heterocycles. The molecule has 1 heterocycles. The lowest BCUT2D eigenvalue weighted by atomic mass is 9.90. The van der Waals surface area contributed by atoms with Crippen LogP contribution in [0.5, 0.6) is 5.75 Å². The molecule has 1 amide bonds. The van der Waals surface area contributed by atoms with Crippen molar-refractivity contribution in [3.8, 4) is 5.75 Å². The summed E-state index contributed by atoms with van der Waals surface area (Å²) in [6.45, 7) is 6.61. The number of unbranched alkanes of at least 4 members (excludes halogenated alkanes) is 4. The lowest BCUT2D eigenvalue weighted by Gasteiger charge is -2.30. The van der Waals surface area contributed by atoms with Gasteiger partial charge in [-0.3, -0.25) is 14.4 Å². The first-order valence-electron chi connectivity index (χ1n) is 15.7. The number of hydrogen-bond donors (Lipinski definition) is 1. The summed E-state index contributed by atoms with van der Waals surface area (Å²) in [5, 5.41) is 0. The zero-order valence-electron chi connectivity index (χ0n) is 26.4. The number of fused-ring (bicyclic) bond motifs is 1. The first kappa shape index (κ1) is 34.9. The van der Waals surface area contributed by atoms with Gasteiger partial charge >= 0.3 is 24.0 Å². The molecule has 0 radical (unpaired) electrons. The maximum Gasteiger partial charge on any atom is 0.409 e. The minimum Gasteiger partial charge on any atom is -0.489 e. The SMILES string of the molecule is CCCCOC(=O)N1CC2(C(=O)OCCCC)[C@@](C(=O)OCCCC)(C1)[C@]2(COc1ccc(N)cc1F)C(=O)OCCCC. The molecule has 1 unspecified atom stereocenters. The lowest BCUT2D eigenvalue weighted by molar-refractivity contribution is -0.164. The number of likely N-dealkylation sites (tertiary alicyclic amines) is 1. The van der Waals surface area contributed by atoms with Gasteiger partial charge in [-0.2, -0.15) is 0 Å². The molecule has 0 spiro atoms. The molecule has 3 atom stereocenters. The normalized spacial score (nSPS) is 23.4. The zero-order valence-corrected chi connectivity index (χ0v) is 26.4. The predicted octanol–water partition coefficient (Wildman–Crippen LogP) is 5.04. The maximum absolute atomic E-state index is 14.8. The summed E-state index contributed by atoms with van der Waals surface area (Å²) in [5.41, 5.74) is 0.0367. The van der Waals surface area contributed by atoms with Gasteiger partial charge in [0.25, 0.3) is 0 Å². The van der Waals surface area contributed by atoms with Crippen molar-refractivity contribution in [1.82, 2.24) is 4.90 Å². The van der Waals surface area contributed by atoms with Crippen LogP contribution in [0.4, 0.5) is 14.9 Å². The minimum absolute atomic E-state index is 0.0258. The van der Waals surface area contributed by atoms with E-state index in [1.807, 2.05) is 27.7 Å². The second-order valence-corrected chi connectivity index (χ2v) is 11.5. The number of nitrogens with zero attached hydrogens (tertiary/aromatic N) is 1. The highest BCUT2D eigenvalue weighted by Crippen LogP contribution is 2.82. The molecule has 2 fully saturated rings. The second kappa shape index (κ2) is 15.4. The molecular formula is C32H47FN2O9. The van der Waals surface area contributed by atoms with Crippen molar-refractivity contribution in [3.63, 3.8) is 0 Å². The van der Waals surface area contributed by atoms with E-state index in [0.29, 0.717) is 25.7 Å². The summed E-state index contributed by atoms with van der Waals surface area (Å²) in [5.74, 6) is -3.59. The molecule has 44 heavy (non-hydrogen) atoms. The molecule has 2 N–H and O–H groups in total. The number of benzene rings is 1. The van der Waals surface area contributed by atoms with Crippen LogP contribution in [0.25, 0.3) is 0 Å². The lowest BCUT2D eigenvalue weighted by Crippen LogP contribution is -2.47. The smallest absolute Gasteiger partial charge is 0.409 e. The summed E-state index contributed by atoms with van der Waals surface area (Å²) in [6, 6.07) is 3.79.